The highest BCUT2D eigenvalue weighted by atomic mass is 32.1. The van der Waals surface area contributed by atoms with Gasteiger partial charge in [0.2, 0.25) is 5.95 Å². The number of aromatic nitrogens is 3. The van der Waals surface area contributed by atoms with Crippen molar-refractivity contribution >= 4 is 23.1 Å². The number of hydrogen-bond acceptors (Lipinski definition) is 7. The van der Waals surface area contributed by atoms with E-state index in [1.54, 1.807) is 11.3 Å². The van der Waals surface area contributed by atoms with Gasteiger partial charge in [0.25, 0.3) is 0 Å². The maximum absolute atomic E-state index is 5.29. The first-order valence-electron chi connectivity index (χ1n) is 5.14. The minimum atomic E-state index is 0.411. The predicted octanol–water partition coefficient (Wildman–Crippen LogP) is 1.45. The lowest BCUT2D eigenvalue weighted by Gasteiger charge is -2.07. The molecule has 0 atom stereocenters. The molecule has 0 aliphatic carbocycles. The van der Waals surface area contributed by atoms with E-state index in [1.807, 2.05) is 25.4 Å². The number of rotatable bonds is 4. The molecule has 90 valence electrons. The second-order valence-corrected chi connectivity index (χ2v) is 4.52. The van der Waals surface area contributed by atoms with Crippen molar-refractivity contribution in [2.24, 2.45) is 5.84 Å². The molecule has 4 N–H and O–H groups in total. The van der Waals surface area contributed by atoms with Gasteiger partial charge in [-0.05, 0) is 13.8 Å². The number of nitrogens with one attached hydrogen (secondary N) is 2. The smallest absolute Gasteiger partial charge is 0.239 e. The molecule has 0 saturated carbocycles. The summed E-state index contributed by atoms with van der Waals surface area (Å²) in [7, 11) is 0. The van der Waals surface area contributed by atoms with Gasteiger partial charge in [-0.1, -0.05) is 0 Å². The number of hydrazine groups is 1. The molecule has 0 bridgehead atoms. The van der Waals surface area contributed by atoms with Gasteiger partial charge < -0.3 is 5.32 Å². The number of aryl methyl sites for hydroxylation is 2. The topological polar surface area (TPSA) is 88.8 Å². The molecule has 17 heavy (non-hydrogen) atoms. The number of hydrogen-bond donors (Lipinski definition) is 3. The maximum Gasteiger partial charge on any atom is 0.239 e. The Hall–Kier alpha value is -1.73. The van der Waals surface area contributed by atoms with Crippen LogP contribution in [0.1, 0.15) is 16.3 Å². The number of anilines is 2. The van der Waals surface area contributed by atoms with E-state index in [0.29, 0.717) is 12.5 Å². The van der Waals surface area contributed by atoms with E-state index in [-0.39, 0.29) is 0 Å². The van der Waals surface area contributed by atoms with Crippen LogP contribution in [0.4, 0.5) is 11.8 Å². The van der Waals surface area contributed by atoms with Gasteiger partial charge in [-0.2, -0.15) is 4.98 Å². The van der Waals surface area contributed by atoms with Gasteiger partial charge in [0, 0.05) is 16.6 Å². The minimum Gasteiger partial charge on any atom is -0.365 e. The molecule has 0 saturated heterocycles. The molecule has 2 rings (SSSR count). The lowest BCUT2D eigenvalue weighted by Crippen LogP contribution is -2.12. The van der Waals surface area contributed by atoms with Gasteiger partial charge >= 0.3 is 0 Å². The van der Waals surface area contributed by atoms with Crippen molar-refractivity contribution < 1.29 is 0 Å². The first-order chi connectivity index (χ1) is 8.19. The number of nitrogen functional groups attached to an aromatic ring is 1. The largest absolute Gasteiger partial charge is 0.365 e. The van der Waals surface area contributed by atoms with Crippen molar-refractivity contribution in [3.8, 4) is 0 Å². The number of nitrogens with zero attached hydrogens (tertiary/aromatic N) is 3. The molecule has 0 radical (unpaired) electrons. The third kappa shape index (κ3) is 2.89. The molecular weight excluding hydrogens is 236 g/mol. The van der Waals surface area contributed by atoms with Crippen molar-refractivity contribution in [2.75, 3.05) is 10.7 Å². The van der Waals surface area contributed by atoms with Gasteiger partial charge in [0.05, 0.1) is 17.7 Å². The molecule has 0 spiro atoms. The fourth-order valence-electron chi connectivity index (χ4n) is 1.39. The van der Waals surface area contributed by atoms with Crippen LogP contribution in [0, 0.1) is 13.8 Å². The summed E-state index contributed by atoms with van der Waals surface area (Å²) in [4.78, 5) is 13.7. The Kier molecular flexibility index (Phi) is 3.50. The van der Waals surface area contributed by atoms with E-state index in [2.05, 4.69) is 25.7 Å². The molecule has 0 aliphatic rings. The summed E-state index contributed by atoms with van der Waals surface area (Å²) < 4.78 is 0. The summed E-state index contributed by atoms with van der Waals surface area (Å²) in [6, 6.07) is 1.87. The van der Waals surface area contributed by atoms with Crippen molar-refractivity contribution in [2.45, 2.75) is 20.4 Å². The van der Waals surface area contributed by atoms with Gasteiger partial charge in [-0.25, -0.2) is 15.8 Å². The Bertz CT molecular complexity index is 509. The van der Waals surface area contributed by atoms with E-state index < -0.39 is 0 Å². The Morgan fingerprint density at radius 1 is 1.35 bits per heavy atom. The highest BCUT2D eigenvalue weighted by molar-refractivity contribution is 7.09. The van der Waals surface area contributed by atoms with Gasteiger partial charge in [-0.3, -0.25) is 5.43 Å². The van der Waals surface area contributed by atoms with Crippen LogP contribution in [-0.2, 0) is 6.54 Å². The van der Waals surface area contributed by atoms with Crippen LogP contribution in [0.15, 0.2) is 11.6 Å². The lowest BCUT2D eigenvalue weighted by atomic mass is 10.4. The molecule has 0 amide bonds. The Labute approximate surface area is 103 Å². The summed E-state index contributed by atoms with van der Waals surface area (Å²) in [5.74, 6) is 6.45. The molecule has 6 nitrogen and oxygen atoms in total. The van der Waals surface area contributed by atoms with Crippen LogP contribution in [0.25, 0.3) is 0 Å². The summed E-state index contributed by atoms with van der Waals surface area (Å²) in [5.41, 5.74) is 6.18. The zero-order valence-corrected chi connectivity index (χ0v) is 10.5. The zero-order valence-electron chi connectivity index (χ0n) is 9.69. The van der Waals surface area contributed by atoms with E-state index in [4.69, 9.17) is 5.84 Å². The summed E-state index contributed by atoms with van der Waals surface area (Å²) in [5, 5.41) is 3.23. The van der Waals surface area contributed by atoms with E-state index in [1.165, 1.54) is 4.88 Å². The van der Waals surface area contributed by atoms with E-state index in [9.17, 15) is 0 Å². The maximum atomic E-state index is 5.29. The van der Waals surface area contributed by atoms with Crippen molar-refractivity contribution in [1.82, 2.24) is 15.0 Å². The Balaban J connectivity index is 2.09. The first kappa shape index (κ1) is 11.7. The van der Waals surface area contributed by atoms with E-state index >= 15 is 0 Å². The fraction of sp³-hybridized carbons (Fsp3) is 0.300. The molecule has 2 heterocycles. The molecule has 2 aromatic heterocycles. The predicted molar refractivity (Wildman–Crippen MR) is 68.8 cm³/mol. The SMILES string of the molecule is Cc1cc(NCc2scnc2C)nc(NN)n1. The third-order valence-corrected chi connectivity index (χ3v) is 3.19. The van der Waals surface area contributed by atoms with Gasteiger partial charge in [0.1, 0.15) is 5.82 Å². The standard InChI is InChI=1S/C10H14N6S/c1-6-3-9(15-10(14-6)16-11)12-4-8-7(2)13-5-17-8/h3,5H,4,11H2,1-2H3,(H2,12,14,15,16). The number of nitrogens with two attached hydrogens (primary N) is 1. The highest BCUT2D eigenvalue weighted by Crippen LogP contribution is 2.15. The van der Waals surface area contributed by atoms with Crippen LogP contribution in [0.5, 0.6) is 0 Å². The molecule has 0 unspecified atom stereocenters. The van der Waals surface area contributed by atoms with Crippen molar-refractivity contribution in [3.63, 3.8) is 0 Å². The minimum absolute atomic E-state index is 0.411. The summed E-state index contributed by atoms with van der Waals surface area (Å²) in [6.45, 7) is 4.59. The number of thiazole rings is 1. The monoisotopic (exact) mass is 250 g/mol. The highest BCUT2D eigenvalue weighted by Gasteiger charge is 2.03. The van der Waals surface area contributed by atoms with Crippen molar-refractivity contribution in [1.29, 1.82) is 0 Å². The summed E-state index contributed by atoms with van der Waals surface area (Å²) >= 11 is 1.63. The lowest BCUT2D eigenvalue weighted by molar-refractivity contribution is 1.04. The van der Waals surface area contributed by atoms with Gasteiger partial charge in [-0.15, -0.1) is 11.3 Å². The first-order valence-corrected chi connectivity index (χ1v) is 6.02. The van der Waals surface area contributed by atoms with Crippen LogP contribution >= 0.6 is 11.3 Å². The molecule has 2 aromatic rings. The summed E-state index contributed by atoms with van der Waals surface area (Å²) in [6.07, 6.45) is 0. The quantitative estimate of drug-likeness (QED) is 0.562. The second kappa shape index (κ2) is 5.07. The molecule has 0 aliphatic heterocycles. The molecule has 0 fully saturated rings. The normalized spacial score (nSPS) is 10.3. The third-order valence-electron chi connectivity index (χ3n) is 2.26. The average molecular weight is 250 g/mol. The van der Waals surface area contributed by atoms with Crippen LogP contribution in [0.3, 0.4) is 0 Å². The van der Waals surface area contributed by atoms with Crippen LogP contribution in [-0.4, -0.2) is 15.0 Å². The second-order valence-electron chi connectivity index (χ2n) is 3.58. The fourth-order valence-corrected chi connectivity index (χ4v) is 2.11. The van der Waals surface area contributed by atoms with E-state index in [0.717, 1.165) is 17.2 Å². The van der Waals surface area contributed by atoms with Crippen LogP contribution < -0.4 is 16.6 Å². The molecular formula is C10H14N6S. The van der Waals surface area contributed by atoms with Crippen molar-refractivity contribution in [3.05, 3.63) is 27.8 Å². The zero-order chi connectivity index (χ0) is 12.3. The molecule has 0 aromatic carbocycles. The average Bonchev–Trinajstić information content (AvgIpc) is 2.71. The van der Waals surface area contributed by atoms with Crippen LogP contribution in [0.2, 0.25) is 0 Å². The molecule has 7 heteroatoms. The Morgan fingerprint density at radius 3 is 2.82 bits per heavy atom. The van der Waals surface area contributed by atoms with Gasteiger partial charge in [0.15, 0.2) is 0 Å². The Morgan fingerprint density at radius 2 is 2.18 bits per heavy atom.